The lowest BCUT2D eigenvalue weighted by atomic mass is 10.00. The maximum Gasteiger partial charge on any atom is 0.407 e. The summed E-state index contributed by atoms with van der Waals surface area (Å²) in [7, 11) is 0. The Morgan fingerprint density at radius 2 is 1.96 bits per heavy atom. The molecule has 0 aliphatic carbocycles. The van der Waals surface area contributed by atoms with Crippen LogP contribution in [0.2, 0.25) is 5.15 Å². The Kier molecular flexibility index (Phi) is 5.39. The first-order valence-electron chi connectivity index (χ1n) is 7.97. The van der Waals surface area contributed by atoms with Gasteiger partial charge in [0.2, 0.25) is 0 Å². The lowest BCUT2D eigenvalue weighted by Crippen LogP contribution is -2.60. The zero-order valence-electron chi connectivity index (χ0n) is 14.7. The molecule has 8 heteroatoms. The fraction of sp³-hybridized carbons (Fsp3) is 0.529. The number of hydrogen-bond donors (Lipinski definition) is 1. The molecule has 1 aromatic heterocycles. The predicted octanol–water partition coefficient (Wildman–Crippen LogP) is 2.75. The van der Waals surface area contributed by atoms with Crippen molar-refractivity contribution in [1.82, 2.24) is 10.3 Å². The second-order valence-corrected chi connectivity index (χ2v) is 7.14. The topological polar surface area (TPSA) is 102 Å². The van der Waals surface area contributed by atoms with Gasteiger partial charge in [0.25, 0.3) is 0 Å². The predicted molar refractivity (Wildman–Crippen MR) is 93.4 cm³/mol. The van der Waals surface area contributed by atoms with E-state index in [1.54, 1.807) is 20.8 Å². The minimum Gasteiger partial charge on any atom is -0.444 e. The first kappa shape index (κ1) is 18.8. The van der Waals surface area contributed by atoms with Crippen molar-refractivity contribution >= 4 is 23.5 Å². The molecular formula is C17H20ClN5O2. The van der Waals surface area contributed by atoms with Gasteiger partial charge in [0.15, 0.2) is 0 Å². The third-order valence-electron chi connectivity index (χ3n) is 3.72. The molecular weight excluding hydrogens is 342 g/mol. The highest BCUT2D eigenvalue weighted by Crippen LogP contribution is 2.31. The van der Waals surface area contributed by atoms with Gasteiger partial charge in [0, 0.05) is 13.1 Å². The van der Waals surface area contributed by atoms with Crippen LogP contribution in [-0.2, 0) is 11.2 Å². The molecule has 0 atom stereocenters. The Morgan fingerprint density at radius 3 is 2.44 bits per heavy atom. The van der Waals surface area contributed by atoms with Crippen LogP contribution < -0.4 is 10.2 Å². The van der Waals surface area contributed by atoms with E-state index in [2.05, 4.69) is 16.4 Å². The standard InChI is InChI=1S/C17H20ClN5O2/c1-5-11-12(6-19)14(18)22-15(13(11)7-20)23-8-10(9-23)21-16(24)25-17(2,3)4/h10H,5,8-9H2,1-4H3,(H,21,24). The number of amides is 1. The van der Waals surface area contributed by atoms with Gasteiger partial charge in [-0.1, -0.05) is 18.5 Å². The third-order valence-corrected chi connectivity index (χ3v) is 3.99. The molecule has 2 rings (SSSR count). The van der Waals surface area contributed by atoms with Crippen LogP contribution in [0, 0.1) is 22.7 Å². The Balaban J connectivity index is 2.13. The van der Waals surface area contributed by atoms with Crippen molar-refractivity contribution in [3.63, 3.8) is 0 Å². The van der Waals surface area contributed by atoms with Crippen LogP contribution in [0.3, 0.4) is 0 Å². The molecule has 1 aliphatic heterocycles. The molecule has 1 amide bonds. The molecule has 7 nitrogen and oxygen atoms in total. The molecule has 0 bridgehead atoms. The van der Waals surface area contributed by atoms with Gasteiger partial charge < -0.3 is 15.0 Å². The smallest absolute Gasteiger partial charge is 0.407 e. The number of aromatic nitrogens is 1. The minimum atomic E-state index is -0.556. The number of anilines is 1. The van der Waals surface area contributed by atoms with Gasteiger partial charge in [-0.25, -0.2) is 9.78 Å². The monoisotopic (exact) mass is 361 g/mol. The van der Waals surface area contributed by atoms with E-state index < -0.39 is 11.7 Å². The van der Waals surface area contributed by atoms with Gasteiger partial charge in [0.05, 0.1) is 17.2 Å². The molecule has 0 radical (unpaired) electrons. The molecule has 1 fully saturated rings. The van der Waals surface area contributed by atoms with Gasteiger partial charge in [-0.05, 0) is 32.8 Å². The second-order valence-electron chi connectivity index (χ2n) is 6.78. The average Bonchev–Trinajstić information content (AvgIpc) is 2.47. The summed E-state index contributed by atoms with van der Waals surface area (Å²) in [6.07, 6.45) is 0.0341. The van der Waals surface area contributed by atoms with Crippen molar-refractivity contribution in [1.29, 1.82) is 10.5 Å². The molecule has 0 aromatic carbocycles. The molecule has 1 aromatic rings. The summed E-state index contributed by atoms with van der Waals surface area (Å²) < 4.78 is 5.22. The normalized spacial score (nSPS) is 14.3. The number of nitriles is 2. The molecule has 0 saturated carbocycles. The largest absolute Gasteiger partial charge is 0.444 e. The molecule has 1 N–H and O–H groups in total. The van der Waals surface area contributed by atoms with E-state index in [0.717, 1.165) is 0 Å². The Morgan fingerprint density at radius 1 is 1.36 bits per heavy atom. The van der Waals surface area contributed by atoms with E-state index in [4.69, 9.17) is 16.3 Å². The fourth-order valence-electron chi connectivity index (χ4n) is 2.62. The van der Waals surface area contributed by atoms with Crippen LogP contribution in [-0.4, -0.2) is 35.8 Å². The van der Waals surface area contributed by atoms with Crippen LogP contribution in [0.15, 0.2) is 0 Å². The van der Waals surface area contributed by atoms with Crippen molar-refractivity contribution in [2.24, 2.45) is 0 Å². The van der Waals surface area contributed by atoms with Crippen molar-refractivity contribution in [3.05, 3.63) is 21.8 Å². The number of nitrogens with zero attached hydrogens (tertiary/aromatic N) is 4. The molecule has 0 spiro atoms. The van der Waals surface area contributed by atoms with Crippen LogP contribution in [0.5, 0.6) is 0 Å². The highest BCUT2D eigenvalue weighted by Gasteiger charge is 2.33. The number of alkyl carbamates (subject to hydrolysis) is 1. The van der Waals surface area contributed by atoms with Crippen molar-refractivity contribution in [2.75, 3.05) is 18.0 Å². The van der Waals surface area contributed by atoms with Gasteiger partial charge in [-0.15, -0.1) is 0 Å². The lowest BCUT2D eigenvalue weighted by Gasteiger charge is -2.41. The van der Waals surface area contributed by atoms with E-state index in [1.807, 2.05) is 17.9 Å². The first-order valence-corrected chi connectivity index (χ1v) is 8.35. The summed E-state index contributed by atoms with van der Waals surface area (Å²) in [6.45, 7) is 8.24. The zero-order valence-corrected chi connectivity index (χ0v) is 15.4. The summed E-state index contributed by atoms with van der Waals surface area (Å²) in [5.74, 6) is 0.450. The average molecular weight is 362 g/mol. The van der Waals surface area contributed by atoms with Gasteiger partial charge in [0.1, 0.15) is 28.7 Å². The maximum atomic E-state index is 11.8. The van der Waals surface area contributed by atoms with Gasteiger partial charge >= 0.3 is 6.09 Å². The van der Waals surface area contributed by atoms with E-state index >= 15 is 0 Å². The van der Waals surface area contributed by atoms with E-state index in [-0.39, 0.29) is 16.8 Å². The van der Waals surface area contributed by atoms with E-state index in [9.17, 15) is 15.3 Å². The first-order chi connectivity index (χ1) is 11.7. The number of rotatable bonds is 3. The molecule has 25 heavy (non-hydrogen) atoms. The highest BCUT2D eigenvalue weighted by atomic mass is 35.5. The molecule has 1 aliphatic rings. The van der Waals surface area contributed by atoms with Crippen molar-refractivity contribution < 1.29 is 9.53 Å². The molecule has 132 valence electrons. The summed E-state index contributed by atoms with van der Waals surface area (Å²) in [5.41, 5.74) is 0.649. The quantitative estimate of drug-likeness (QED) is 0.830. The zero-order chi connectivity index (χ0) is 18.8. The summed E-state index contributed by atoms with van der Waals surface area (Å²) in [6, 6.07) is 4.04. The summed E-state index contributed by atoms with van der Waals surface area (Å²) in [5, 5.41) is 21.6. The number of carbonyl (C=O) groups is 1. The van der Waals surface area contributed by atoms with Crippen LogP contribution in [0.4, 0.5) is 10.6 Å². The fourth-order valence-corrected chi connectivity index (χ4v) is 2.86. The van der Waals surface area contributed by atoms with Crippen molar-refractivity contribution in [2.45, 2.75) is 45.8 Å². The van der Waals surface area contributed by atoms with Crippen LogP contribution >= 0.6 is 11.6 Å². The number of ether oxygens (including phenoxy) is 1. The Labute approximate surface area is 152 Å². The lowest BCUT2D eigenvalue weighted by molar-refractivity contribution is 0.0496. The van der Waals surface area contributed by atoms with Gasteiger partial charge in [-0.3, -0.25) is 0 Å². The van der Waals surface area contributed by atoms with E-state index in [1.165, 1.54) is 0 Å². The molecule has 0 unspecified atom stereocenters. The molecule has 2 heterocycles. The van der Waals surface area contributed by atoms with Gasteiger partial charge in [-0.2, -0.15) is 10.5 Å². The maximum absolute atomic E-state index is 11.8. The Bertz CT molecular complexity index is 767. The number of carbonyl (C=O) groups excluding carboxylic acids is 1. The SMILES string of the molecule is CCc1c(C#N)c(Cl)nc(N2CC(NC(=O)OC(C)(C)C)C2)c1C#N. The second kappa shape index (κ2) is 7.16. The summed E-state index contributed by atoms with van der Waals surface area (Å²) >= 11 is 6.10. The van der Waals surface area contributed by atoms with Crippen LogP contribution in [0.25, 0.3) is 0 Å². The minimum absolute atomic E-state index is 0.0944. The summed E-state index contributed by atoms with van der Waals surface area (Å²) in [4.78, 5) is 17.9. The molecule has 1 saturated heterocycles. The number of pyridine rings is 1. The van der Waals surface area contributed by atoms with Crippen LogP contribution in [0.1, 0.15) is 44.4 Å². The highest BCUT2D eigenvalue weighted by molar-refractivity contribution is 6.30. The Hall–Kier alpha value is -2.51. The number of nitrogens with one attached hydrogen (secondary N) is 1. The van der Waals surface area contributed by atoms with Crippen molar-refractivity contribution in [3.8, 4) is 12.1 Å². The number of halogens is 1. The van der Waals surface area contributed by atoms with E-state index in [0.29, 0.717) is 36.5 Å². The number of hydrogen-bond acceptors (Lipinski definition) is 6. The third kappa shape index (κ3) is 4.12.